The fraction of sp³-hybridized carbons (Fsp3) is 0.273. The van der Waals surface area contributed by atoms with Crippen LogP contribution in [0.2, 0.25) is 0 Å². The zero-order chi connectivity index (χ0) is 18.9. The van der Waals surface area contributed by atoms with E-state index in [1.807, 2.05) is 62.4 Å². The first-order chi connectivity index (χ1) is 12.5. The lowest BCUT2D eigenvalue weighted by molar-refractivity contribution is -0.131. The molecule has 4 nitrogen and oxygen atoms in total. The first-order valence-electron chi connectivity index (χ1n) is 8.84. The average molecular weight is 350 g/mol. The van der Waals surface area contributed by atoms with E-state index in [2.05, 4.69) is 11.9 Å². The van der Waals surface area contributed by atoms with Crippen molar-refractivity contribution in [3.05, 3.63) is 83.9 Å². The molecule has 4 heteroatoms. The molecule has 0 radical (unpaired) electrons. The van der Waals surface area contributed by atoms with Gasteiger partial charge in [-0.05, 0) is 31.5 Å². The maximum atomic E-state index is 12.7. The van der Waals surface area contributed by atoms with E-state index in [0.29, 0.717) is 18.7 Å². The van der Waals surface area contributed by atoms with Crippen molar-refractivity contribution in [3.63, 3.8) is 0 Å². The fourth-order valence-electron chi connectivity index (χ4n) is 2.77. The van der Waals surface area contributed by atoms with Crippen LogP contribution in [0, 0.1) is 0 Å². The third-order valence-corrected chi connectivity index (χ3v) is 4.12. The van der Waals surface area contributed by atoms with Crippen LogP contribution in [-0.2, 0) is 4.79 Å². The standard InChI is InChI=1S/C22H26N2O2/c1-4-24(16-17(2)3)21(25)15-20(18-11-7-5-8-12-18)23-22(26)19-13-9-6-10-14-19/h5-14,20H,2,4,15-16H2,1,3H3,(H,23,26)/t20-/m1/s1. The number of hydrogen-bond acceptors (Lipinski definition) is 2. The Morgan fingerprint density at radius 1 is 1.04 bits per heavy atom. The van der Waals surface area contributed by atoms with Crippen molar-refractivity contribution >= 4 is 11.8 Å². The van der Waals surface area contributed by atoms with Gasteiger partial charge in [0.25, 0.3) is 5.91 Å². The van der Waals surface area contributed by atoms with Crippen LogP contribution in [0.25, 0.3) is 0 Å². The summed E-state index contributed by atoms with van der Waals surface area (Å²) in [4.78, 5) is 27.1. The van der Waals surface area contributed by atoms with Crippen LogP contribution < -0.4 is 5.32 Å². The van der Waals surface area contributed by atoms with E-state index < -0.39 is 0 Å². The quantitative estimate of drug-likeness (QED) is 0.732. The molecule has 2 amide bonds. The number of nitrogens with zero attached hydrogens (tertiary/aromatic N) is 1. The molecule has 0 bridgehead atoms. The van der Waals surface area contributed by atoms with Crippen LogP contribution in [0.15, 0.2) is 72.8 Å². The summed E-state index contributed by atoms with van der Waals surface area (Å²) < 4.78 is 0. The van der Waals surface area contributed by atoms with Crippen molar-refractivity contribution in [2.75, 3.05) is 13.1 Å². The number of nitrogens with one attached hydrogen (secondary N) is 1. The van der Waals surface area contributed by atoms with Gasteiger partial charge in [-0.15, -0.1) is 0 Å². The van der Waals surface area contributed by atoms with Gasteiger partial charge in [0.1, 0.15) is 0 Å². The minimum absolute atomic E-state index is 0.00212. The van der Waals surface area contributed by atoms with Crippen LogP contribution in [0.4, 0.5) is 0 Å². The average Bonchev–Trinajstić information content (AvgIpc) is 2.66. The molecule has 136 valence electrons. The lowest BCUT2D eigenvalue weighted by Gasteiger charge is -2.25. The minimum atomic E-state index is -0.379. The molecule has 0 spiro atoms. The highest BCUT2D eigenvalue weighted by molar-refractivity contribution is 5.94. The van der Waals surface area contributed by atoms with Crippen molar-refractivity contribution in [3.8, 4) is 0 Å². The highest BCUT2D eigenvalue weighted by Crippen LogP contribution is 2.19. The molecule has 2 aromatic carbocycles. The van der Waals surface area contributed by atoms with E-state index in [1.54, 1.807) is 17.0 Å². The van der Waals surface area contributed by atoms with Gasteiger partial charge >= 0.3 is 0 Å². The van der Waals surface area contributed by atoms with Crippen LogP contribution >= 0.6 is 0 Å². The number of amides is 2. The van der Waals surface area contributed by atoms with Crippen LogP contribution in [0.5, 0.6) is 0 Å². The van der Waals surface area contributed by atoms with E-state index in [4.69, 9.17) is 0 Å². The van der Waals surface area contributed by atoms with Crippen LogP contribution in [-0.4, -0.2) is 29.8 Å². The number of hydrogen-bond donors (Lipinski definition) is 1. The van der Waals surface area contributed by atoms with Gasteiger partial charge < -0.3 is 10.2 Å². The Labute approximate surface area is 155 Å². The zero-order valence-corrected chi connectivity index (χ0v) is 15.4. The zero-order valence-electron chi connectivity index (χ0n) is 15.4. The van der Waals surface area contributed by atoms with Gasteiger partial charge in [-0.2, -0.15) is 0 Å². The molecule has 0 fully saturated rings. The summed E-state index contributed by atoms with van der Waals surface area (Å²) in [6.07, 6.45) is 0.212. The number of carbonyl (C=O) groups is 2. The molecule has 1 N–H and O–H groups in total. The summed E-state index contributed by atoms with van der Waals surface area (Å²) in [6.45, 7) is 8.88. The molecular weight excluding hydrogens is 324 g/mol. The first-order valence-corrected chi connectivity index (χ1v) is 8.84. The molecule has 0 saturated carbocycles. The lowest BCUT2D eigenvalue weighted by atomic mass is 10.0. The molecule has 2 aromatic rings. The Morgan fingerprint density at radius 3 is 2.15 bits per heavy atom. The molecule has 0 saturated heterocycles. The van der Waals surface area contributed by atoms with Gasteiger partial charge in [0.05, 0.1) is 12.5 Å². The highest BCUT2D eigenvalue weighted by Gasteiger charge is 2.22. The Hall–Kier alpha value is -2.88. The van der Waals surface area contributed by atoms with Crippen LogP contribution in [0.3, 0.4) is 0 Å². The smallest absolute Gasteiger partial charge is 0.251 e. The van der Waals surface area contributed by atoms with E-state index in [-0.39, 0.29) is 24.3 Å². The summed E-state index contributed by atoms with van der Waals surface area (Å²) in [5, 5.41) is 3.00. The van der Waals surface area contributed by atoms with Crippen molar-refractivity contribution in [1.82, 2.24) is 10.2 Å². The molecule has 0 aliphatic rings. The SMILES string of the molecule is C=C(C)CN(CC)C(=O)C[C@@H](NC(=O)c1ccccc1)c1ccccc1. The van der Waals surface area contributed by atoms with E-state index in [9.17, 15) is 9.59 Å². The molecular formula is C22H26N2O2. The van der Waals surface area contributed by atoms with Gasteiger partial charge in [-0.25, -0.2) is 0 Å². The molecule has 2 rings (SSSR count). The summed E-state index contributed by atoms with van der Waals surface area (Å²) in [5.41, 5.74) is 2.43. The highest BCUT2D eigenvalue weighted by atomic mass is 16.2. The van der Waals surface area contributed by atoms with E-state index in [1.165, 1.54) is 0 Å². The summed E-state index contributed by atoms with van der Waals surface area (Å²) in [6, 6.07) is 18.3. The molecule has 0 aromatic heterocycles. The Balaban J connectivity index is 2.18. The maximum Gasteiger partial charge on any atom is 0.251 e. The van der Waals surface area contributed by atoms with E-state index in [0.717, 1.165) is 11.1 Å². The summed E-state index contributed by atoms with van der Waals surface area (Å²) in [7, 11) is 0. The van der Waals surface area contributed by atoms with Crippen LogP contribution in [0.1, 0.15) is 42.2 Å². The first kappa shape index (κ1) is 19.4. The second-order valence-corrected chi connectivity index (χ2v) is 6.37. The number of likely N-dealkylation sites (N-methyl/N-ethyl adjacent to an activating group) is 1. The van der Waals surface area contributed by atoms with Crippen molar-refractivity contribution < 1.29 is 9.59 Å². The fourth-order valence-corrected chi connectivity index (χ4v) is 2.77. The van der Waals surface area contributed by atoms with Crippen molar-refractivity contribution in [2.24, 2.45) is 0 Å². The number of benzene rings is 2. The summed E-state index contributed by atoms with van der Waals surface area (Å²) >= 11 is 0. The third kappa shape index (κ3) is 5.59. The lowest BCUT2D eigenvalue weighted by Crippen LogP contribution is -2.37. The maximum absolute atomic E-state index is 12.7. The second kappa shape index (κ2) is 9.56. The Kier molecular flexibility index (Phi) is 7.15. The molecule has 0 aliphatic carbocycles. The Bertz CT molecular complexity index is 741. The molecule has 1 atom stereocenters. The normalized spacial score (nSPS) is 11.5. The number of rotatable bonds is 8. The molecule has 0 unspecified atom stereocenters. The minimum Gasteiger partial charge on any atom is -0.345 e. The summed E-state index contributed by atoms with van der Waals surface area (Å²) in [5.74, 6) is -0.187. The second-order valence-electron chi connectivity index (χ2n) is 6.37. The van der Waals surface area contributed by atoms with E-state index >= 15 is 0 Å². The van der Waals surface area contributed by atoms with Crippen molar-refractivity contribution in [2.45, 2.75) is 26.3 Å². The number of carbonyl (C=O) groups excluding carboxylic acids is 2. The molecule has 26 heavy (non-hydrogen) atoms. The predicted octanol–water partition coefficient (Wildman–Crippen LogP) is 3.97. The van der Waals surface area contributed by atoms with Gasteiger partial charge in [0, 0.05) is 18.7 Å². The van der Waals surface area contributed by atoms with Gasteiger partial charge in [0.2, 0.25) is 5.91 Å². The topological polar surface area (TPSA) is 49.4 Å². The predicted molar refractivity (Wildman–Crippen MR) is 105 cm³/mol. The van der Waals surface area contributed by atoms with Gasteiger partial charge in [-0.3, -0.25) is 9.59 Å². The van der Waals surface area contributed by atoms with Crippen molar-refractivity contribution in [1.29, 1.82) is 0 Å². The molecule has 0 aliphatic heterocycles. The third-order valence-electron chi connectivity index (χ3n) is 4.12. The molecule has 0 heterocycles. The van der Waals surface area contributed by atoms with Gasteiger partial charge in [0.15, 0.2) is 0 Å². The monoisotopic (exact) mass is 350 g/mol. The Morgan fingerprint density at radius 2 is 1.62 bits per heavy atom. The largest absolute Gasteiger partial charge is 0.345 e. The van der Waals surface area contributed by atoms with Gasteiger partial charge in [-0.1, -0.05) is 60.7 Å².